The minimum absolute atomic E-state index is 0.102. The lowest BCUT2D eigenvalue weighted by Crippen LogP contribution is -2.24. The average Bonchev–Trinajstić information content (AvgIpc) is 2.64. The van der Waals surface area contributed by atoms with Crippen molar-refractivity contribution in [1.82, 2.24) is 14.8 Å². The number of nitrogens with zero attached hydrogens (tertiary/aromatic N) is 3. The molecule has 1 aromatic heterocycles. The number of anilines is 2. The van der Waals surface area contributed by atoms with E-state index < -0.39 is 0 Å². The minimum atomic E-state index is -0.293. The Morgan fingerprint density at radius 2 is 1.78 bits per heavy atom. The van der Waals surface area contributed by atoms with Crippen molar-refractivity contribution < 1.29 is 4.74 Å². The van der Waals surface area contributed by atoms with Gasteiger partial charge < -0.3 is 10.1 Å². The maximum atomic E-state index is 12.6. The molecule has 2 aromatic carbocycles. The van der Waals surface area contributed by atoms with Gasteiger partial charge in [0, 0.05) is 28.5 Å². The van der Waals surface area contributed by atoms with Gasteiger partial charge in [0.25, 0.3) is 5.56 Å². The Morgan fingerprint density at radius 1 is 1.11 bits per heavy atom. The van der Waals surface area contributed by atoms with Crippen LogP contribution in [0.5, 0.6) is 5.75 Å². The van der Waals surface area contributed by atoms with Crippen molar-refractivity contribution in [1.29, 1.82) is 0 Å². The fourth-order valence-corrected chi connectivity index (χ4v) is 3.67. The molecule has 0 unspecified atom stereocenters. The summed E-state index contributed by atoms with van der Waals surface area (Å²) >= 11 is 13.4. The predicted molar refractivity (Wildman–Crippen MR) is 110 cm³/mol. The first-order valence-electron chi connectivity index (χ1n) is 7.89. The van der Waals surface area contributed by atoms with E-state index in [1.165, 1.54) is 16.3 Å². The number of hydrogen-bond donors (Lipinski definition) is 1. The summed E-state index contributed by atoms with van der Waals surface area (Å²) in [4.78, 5) is 12.6. The third-order valence-corrected chi connectivity index (χ3v) is 5.21. The van der Waals surface area contributed by atoms with Crippen LogP contribution in [0.2, 0.25) is 10.0 Å². The molecule has 0 spiro atoms. The third kappa shape index (κ3) is 4.94. The Balaban J connectivity index is 1.75. The van der Waals surface area contributed by atoms with Crippen LogP contribution in [0.3, 0.4) is 0 Å². The molecule has 3 rings (SSSR count). The number of hydrogen-bond acceptors (Lipinski definition) is 6. The smallest absolute Gasteiger partial charge is 0.297 e. The van der Waals surface area contributed by atoms with Gasteiger partial charge in [0.2, 0.25) is 5.82 Å². The SMILES string of the molecule is COc1ccc(CSc2nnc(Nc3cc(Cl)cc(Cl)c3)c(=O)n2C)cc1. The zero-order valence-electron chi connectivity index (χ0n) is 14.6. The van der Waals surface area contributed by atoms with E-state index >= 15 is 0 Å². The highest BCUT2D eigenvalue weighted by Gasteiger charge is 2.11. The van der Waals surface area contributed by atoms with Gasteiger partial charge in [0.1, 0.15) is 5.75 Å². The van der Waals surface area contributed by atoms with Gasteiger partial charge in [0.15, 0.2) is 5.16 Å². The van der Waals surface area contributed by atoms with E-state index in [0.717, 1.165) is 11.3 Å². The molecule has 0 bridgehead atoms. The molecule has 0 aliphatic carbocycles. The van der Waals surface area contributed by atoms with Crippen LogP contribution in [0, 0.1) is 0 Å². The fourth-order valence-electron chi connectivity index (χ4n) is 2.28. The second-order valence-electron chi connectivity index (χ2n) is 5.62. The van der Waals surface area contributed by atoms with E-state index in [-0.39, 0.29) is 11.4 Å². The van der Waals surface area contributed by atoms with E-state index in [1.807, 2.05) is 24.3 Å². The lowest BCUT2D eigenvalue weighted by molar-refractivity contribution is 0.414. The second kappa shape index (κ2) is 8.65. The first-order chi connectivity index (χ1) is 13.0. The first-order valence-corrected chi connectivity index (χ1v) is 9.63. The van der Waals surface area contributed by atoms with Crippen molar-refractivity contribution in [2.45, 2.75) is 10.9 Å². The van der Waals surface area contributed by atoms with Gasteiger partial charge in [-0.05, 0) is 35.9 Å². The van der Waals surface area contributed by atoms with Crippen LogP contribution >= 0.6 is 35.0 Å². The van der Waals surface area contributed by atoms with Gasteiger partial charge in [-0.1, -0.05) is 47.1 Å². The summed E-state index contributed by atoms with van der Waals surface area (Å²) in [6, 6.07) is 12.6. The molecule has 0 aliphatic heterocycles. The Hall–Kier alpha value is -2.22. The Kier molecular flexibility index (Phi) is 6.26. The van der Waals surface area contributed by atoms with Gasteiger partial charge in [0.05, 0.1) is 7.11 Å². The van der Waals surface area contributed by atoms with Crippen molar-refractivity contribution in [3.8, 4) is 5.75 Å². The number of rotatable bonds is 6. The molecule has 3 aromatic rings. The van der Waals surface area contributed by atoms with Gasteiger partial charge in [-0.25, -0.2) is 0 Å². The summed E-state index contributed by atoms with van der Waals surface area (Å²) in [5.74, 6) is 1.56. The van der Waals surface area contributed by atoms with Crippen LogP contribution < -0.4 is 15.6 Å². The van der Waals surface area contributed by atoms with Gasteiger partial charge in [-0.3, -0.25) is 9.36 Å². The zero-order valence-corrected chi connectivity index (χ0v) is 16.9. The summed E-state index contributed by atoms with van der Waals surface area (Å²) in [7, 11) is 3.28. The molecule has 140 valence electrons. The second-order valence-corrected chi connectivity index (χ2v) is 7.43. The lowest BCUT2D eigenvalue weighted by Gasteiger charge is -2.10. The van der Waals surface area contributed by atoms with Crippen LogP contribution in [0.4, 0.5) is 11.5 Å². The van der Waals surface area contributed by atoms with Crippen LogP contribution in [0.15, 0.2) is 52.4 Å². The molecule has 0 radical (unpaired) electrons. The standard InChI is InChI=1S/C18H16Cl2N4O2S/c1-24-17(25)16(21-14-8-12(19)7-13(20)9-14)22-23-18(24)27-10-11-3-5-15(26-2)6-4-11/h3-9H,10H2,1-2H3,(H,21,22). The van der Waals surface area contributed by atoms with Crippen molar-refractivity contribution in [2.24, 2.45) is 7.05 Å². The van der Waals surface area contributed by atoms with Crippen molar-refractivity contribution in [3.63, 3.8) is 0 Å². The number of thioether (sulfide) groups is 1. The summed E-state index contributed by atoms with van der Waals surface area (Å²) in [5.41, 5.74) is 1.36. The molecule has 0 saturated carbocycles. The van der Waals surface area contributed by atoms with Crippen molar-refractivity contribution in [2.75, 3.05) is 12.4 Å². The van der Waals surface area contributed by atoms with Crippen molar-refractivity contribution in [3.05, 3.63) is 68.4 Å². The zero-order chi connectivity index (χ0) is 19.4. The highest BCUT2D eigenvalue weighted by atomic mass is 35.5. The molecule has 0 atom stereocenters. The number of nitrogens with one attached hydrogen (secondary N) is 1. The van der Waals surface area contributed by atoms with E-state index in [9.17, 15) is 4.79 Å². The molecule has 0 fully saturated rings. The topological polar surface area (TPSA) is 69.0 Å². The summed E-state index contributed by atoms with van der Waals surface area (Å²) in [6.45, 7) is 0. The minimum Gasteiger partial charge on any atom is -0.497 e. The number of halogens is 2. The number of aromatic nitrogens is 3. The molecule has 0 aliphatic rings. The number of benzene rings is 2. The molecule has 1 heterocycles. The lowest BCUT2D eigenvalue weighted by atomic mass is 10.2. The number of ether oxygens (including phenoxy) is 1. The van der Waals surface area contributed by atoms with Crippen LogP contribution in [0.1, 0.15) is 5.56 Å². The van der Waals surface area contributed by atoms with E-state index in [2.05, 4.69) is 15.5 Å². The van der Waals surface area contributed by atoms with Gasteiger partial charge in [-0.2, -0.15) is 0 Å². The number of methoxy groups -OCH3 is 1. The highest BCUT2D eigenvalue weighted by molar-refractivity contribution is 7.98. The van der Waals surface area contributed by atoms with Crippen LogP contribution in [0.25, 0.3) is 0 Å². The van der Waals surface area contributed by atoms with Crippen LogP contribution in [-0.2, 0) is 12.8 Å². The molecular weight excluding hydrogens is 407 g/mol. The summed E-state index contributed by atoms with van der Waals surface area (Å²) in [5, 5.41) is 12.5. The monoisotopic (exact) mass is 422 g/mol. The highest BCUT2D eigenvalue weighted by Crippen LogP contribution is 2.24. The van der Waals surface area contributed by atoms with E-state index in [0.29, 0.717) is 26.6 Å². The quantitative estimate of drug-likeness (QED) is 0.588. The maximum Gasteiger partial charge on any atom is 0.297 e. The fraction of sp³-hybridized carbons (Fsp3) is 0.167. The normalized spacial score (nSPS) is 10.7. The van der Waals surface area contributed by atoms with Gasteiger partial charge in [-0.15, -0.1) is 10.2 Å². The first kappa shape index (κ1) is 19.5. The maximum absolute atomic E-state index is 12.6. The molecule has 0 saturated heterocycles. The molecular formula is C18H16Cl2N4O2S. The molecule has 1 N–H and O–H groups in total. The average molecular weight is 423 g/mol. The molecule has 9 heteroatoms. The third-order valence-electron chi connectivity index (χ3n) is 3.68. The summed E-state index contributed by atoms with van der Waals surface area (Å²) < 4.78 is 6.60. The van der Waals surface area contributed by atoms with Crippen molar-refractivity contribution >= 4 is 46.5 Å². The Bertz CT molecular complexity index is 989. The summed E-state index contributed by atoms with van der Waals surface area (Å²) in [6.07, 6.45) is 0. The Morgan fingerprint density at radius 3 is 2.41 bits per heavy atom. The van der Waals surface area contributed by atoms with E-state index in [4.69, 9.17) is 27.9 Å². The molecule has 6 nitrogen and oxygen atoms in total. The van der Waals surface area contributed by atoms with E-state index in [1.54, 1.807) is 32.4 Å². The predicted octanol–water partition coefficient (Wildman–Crippen LogP) is 4.53. The molecule has 0 amide bonds. The van der Waals surface area contributed by atoms with Gasteiger partial charge >= 0.3 is 0 Å². The molecule has 27 heavy (non-hydrogen) atoms. The Labute approximate surface area is 170 Å². The largest absolute Gasteiger partial charge is 0.497 e. The van der Waals surface area contributed by atoms with Crippen LogP contribution in [-0.4, -0.2) is 21.9 Å².